The van der Waals surface area contributed by atoms with Gasteiger partial charge in [0, 0.05) is 25.3 Å². The molecule has 0 unspecified atom stereocenters. The molecule has 162 valence electrons. The van der Waals surface area contributed by atoms with Crippen molar-refractivity contribution < 1.29 is 18.8 Å². The monoisotopic (exact) mass is 421 g/mol. The molecule has 31 heavy (non-hydrogen) atoms. The van der Waals surface area contributed by atoms with E-state index in [1.54, 1.807) is 7.11 Å². The third-order valence-corrected chi connectivity index (χ3v) is 5.93. The summed E-state index contributed by atoms with van der Waals surface area (Å²) >= 11 is 0. The molecule has 1 aliphatic carbocycles. The quantitative estimate of drug-likeness (QED) is 0.560. The number of hydrogen-bond donors (Lipinski definition) is 2. The Hall–Kier alpha value is -3.19. The minimum atomic E-state index is -0.318. The first-order valence-electron chi connectivity index (χ1n) is 10.7. The summed E-state index contributed by atoms with van der Waals surface area (Å²) in [6, 6.07) is 15.3. The number of carbonyl (C=O) groups is 2. The molecule has 1 fully saturated rings. The largest absolute Gasteiger partial charge is 0.383 e. The molecule has 7 nitrogen and oxygen atoms in total. The lowest BCUT2D eigenvalue weighted by atomic mass is 9.78. The van der Waals surface area contributed by atoms with Gasteiger partial charge in [-0.15, -0.1) is 0 Å². The van der Waals surface area contributed by atoms with E-state index in [2.05, 4.69) is 27.9 Å². The van der Waals surface area contributed by atoms with Crippen molar-refractivity contribution in [2.24, 2.45) is 5.92 Å². The van der Waals surface area contributed by atoms with Gasteiger partial charge in [-0.05, 0) is 61.4 Å². The van der Waals surface area contributed by atoms with E-state index >= 15 is 0 Å². The van der Waals surface area contributed by atoms with Crippen LogP contribution >= 0.6 is 0 Å². The van der Waals surface area contributed by atoms with E-state index in [1.807, 2.05) is 36.4 Å². The van der Waals surface area contributed by atoms with Gasteiger partial charge in [0.25, 0.3) is 5.91 Å². The summed E-state index contributed by atoms with van der Waals surface area (Å²) in [4.78, 5) is 24.8. The topological polar surface area (TPSA) is 93.5 Å². The van der Waals surface area contributed by atoms with E-state index in [9.17, 15) is 9.59 Å². The number of nitrogens with zero attached hydrogens (tertiary/aromatic N) is 1. The fraction of sp³-hybridized carbons (Fsp3) is 0.375. The van der Waals surface area contributed by atoms with Gasteiger partial charge in [-0.3, -0.25) is 9.59 Å². The fourth-order valence-electron chi connectivity index (χ4n) is 4.19. The van der Waals surface area contributed by atoms with Gasteiger partial charge >= 0.3 is 0 Å². The molecule has 1 heterocycles. The van der Waals surface area contributed by atoms with Crippen molar-refractivity contribution in [2.75, 3.05) is 25.6 Å². The summed E-state index contributed by atoms with van der Waals surface area (Å²) in [6.45, 7) is 1.10. The van der Waals surface area contributed by atoms with Crippen LogP contribution in [0.3, 0.4) is 0 Å². The number of benzene rings is 2. The highest BCUT2D eigenvalue weighted by Gasteiger charge is 2.27. The van der Waals surface area contributed by atoms with E-state index < -0.39 is 0 Å². The summed E-state index contributed by atoms with van der Waals surface area (Å²) < 4.78 is 10.2. The van der Waals surface area contributed by atoms with Crippen LogP contribution < -0.4 is 10.6 Å². The Morgan fingerprint density at radius 1 is 1.06 bits per heavy atom. The van der Waals surface area contributed by atoms with Crippen molar-refractivity contribution in [3.63, 3.8) is 0 Å². The van der Waals surface area contributed by atoms with Gasteiger partial charge in [0.05, 0.1) is 12.0 Å². The maximum Gasteiger partial charge on any atom is 0.294 e. The number of carbonyl (C=O) groups excluding carboxylic acids is 2. The van der Waals surface area contributed by atoms with Crippen LogP contribution in [0.2, 0.25) is 0 Å². The van der Waals surface area contributed by atoms with Crippen LogP contribution in [0.5, 0.6) is 0 Å². The Morgan fingerprint density at radius 2 is 1.81 bits per heavy atom. The van der Waals surface area contributed by atoms with Crippen LogP contribution in [0.25, 0.3) is 10.9 Å². The van der Waals surface area contributed by atoms with E-state index in [0.29, 0.717) is 35.7 Å². The number of hydrogen-bond acceptors (Lipinski definition) is 5. The number of anilines is 1. The SMILES string of the molecule is COCCNC(=O)C1CCC(c2ccc(NC(=O)c3onc4ccccc34)cc2)CC1. The molecule has 0 spiro atoms. The van der Waals surface area contributed by atoms with Gasteiger partial charge in [0.15, 0.2) is 0 Å². The highest BCUT2D eigenvalue weighted by atomic mass is 16.5. The van der Waals surface area contributed by atoms with Gasteiger partial charge in [0.2, 0.25) is 11.7 Å². The first-order chi connectivity index (χ1) is 15.2. The minimum absolute atomic E-state index is 0.0865. The predicted molar refractivity (Wildman–Crippen MR) is 118 cm³/mol. The molecule has 1 aliphatic rings. The van der Waals surface area contributed by atoms with Gasteiger partial charge in [-0.2, -0.15) is 0 Å². The molecule has 7 heteroatoms. The molecule has 0 bridgehead atoms. The number of nitrogens with one attached hydrogen (secondary N) is 2. The normalized spacial score (nSPS) is 18.6. The smallest absolute Gasteiger partial charge is 0.294 e. The molecule has 4 rings (SSSR count). The number of rotatable bonds is 7. The molecule has 2 amide bonds. The first kappa shape index (κ1) is 21.1. The number of methoxy groups -OCH3 is 1. The van der Waals surface area contributed by atoms with Crippen molar-refractivity contribution in [1.82, 2.24) is 10.5 Å². The third kappa shape index (κ3) is 4.94. The van der Waals surface area contributed by atoms with Crippen LogP contribution in [-0.2, 0) is 9.53 Å². The molecule has 2 aromatic carbocycles. The Labute approximate surface area is 181 Å². The zero-order chi connectivity index (χ0) is 21.6. The molecule has 1 aromatic heterocycles. The molecule has 3 aromatic rings. The number of ether oxygens (including phenoxy) is 1. The number of fused-ring (bicyclic) bond motifs is 1. The minimum Gasteiger partial charge on any atom is -0.383 e. The first-order valence-corrected chi connectivity index (χ1v) is 10.7. The van der Waals surface area contributed by atoms with Crippen molar-refractivity contribution in [1.29, 1.82) is 0 Å². The lowest BCUT2D eigenvalue weighted by Gasteiger charge is -2.28. The van der Waals surface area contributed by atoms with Crippen LogP contribution in [0, 0.1) is 5.92 Å². The Morgan fingerprint density at radius 3 is 2.55 bits per heavy atom. The lowest BCUT2D eigenvalue weighted by Crippen LogP contribution is -2.34. The predicted octanol–water partition coefficient (Wildman–Crippen LogP) is 4.12. The summed E-state index contributed by atoms with van der Waals surface area (Å²) in [5.41, 5.74) is 2.60. The maximum atomic E-state index is 12.6. The average molecular weight is 421 g/mol. The maximum absolute atomic E-state index is 12.6. The van der Waals surface area contributed by atoms with E-state index in [-0.39, 0.29) is 23.5 Å². The van der Waals surface area contributed by atoms with Crippen molar-refractivity contribution >= 4 is 28.4 Å². The van der Waals surface area contributed by atoms with Crippen LogP contribution in [0.1, 0.15) is 47.7 Å². The summed E-state index contributed by atoms with van der Waals surface area (Å²) in [5, 5.41) is 10.4. The summed E-state index contributed by atoms with van der Waals surface area (Å²) in [6.07, 6.45) is 3.75. The molecule has 0 aliphatic heterocycles. The molecule has 1 saturated carbocycles. The number of aromatic nitrogens is 1. The van der Waals surface area contributed by atoms with Gasteiger partial charge in [-0.25, -0.2) is 0 Å². The summed E-state index contributed by atoms with van der Waals surface area (Å²) in [7, 11) is 1.63. The Kier molecular flexibility index (Phi) is 6.62. The van der Waals surface area contributed by atoms with E-state index in [0.717, 1.165) is 25.7 Å². The van der Waals surface area contributed by atoms with Gasteiger partial charge < -0.3 is 19.9 Å². The zero-order valence-electron chi connectivity index (χ0n) is 17.6. The Balaban J connectivity index is 1.32. The van der Waals surface area contributed by atoms with Crippen molar-refractivity contribution in [3.8, 4) is 0 Å². The molecule has 0 saturated heterocycles. The molecular formula is C24H27N3O4. The third-order valence-electron chi connectivity index (χ3n) is 5.93. The molecule has 0 radical (unpaired) electrons. The van der Waals surface area contributed by atoms with E-state index in [4.69, 9.17) is 9.26 Å². The second kappa shape index (κ2) is 9.75. The second-order valence-electron chi connectivity index (χ2n) is 7.94. The van der Waals surface area contributed by atoms with Crippen molar-refractivity contribution in [2.45, 2.75) is 31.6 Å². The highest BCUT2D eigenvalue weighted by molar-refractivity contribution is 6.10. The number of amides is 2. The molecule has 2 N–H and O–H groups in total. The average Bonchev–Trinajstić information content (AvgIpc) is 3.24. The van der Waals surface area contributed by atoms with Crippen molar-refractivity contribution in [3.05, 3.63) is 59.9 Å². The standard InChI is InChI=1S/C24H27N3O4/c1-30-15-14-25-23(28)18-8-6-16(7-9-18)17-10-12-19(13-11-17)26-24(29)22-20-4-2-3-5-21(20)27-31-22/h2-5,10-13,16,18H,6-9,14-15H2,1H3,(H,25,28)(H,26,29). The van der Waals surface area contributed by atoms with Gasteiger partial charge in [0.1, 0.15) is 5.52 Å². The summed E-state index contributed by atoms with van der Waals surface area (Å²) in [5.74, 6) is 0.547. The zero-order valence-corrected chi connectivity index (χ0v) is 17.6. The lowest BCUT2D eigenvalue weighted by molar-refractivity contribution is -0.126. The second-order valence-corrected chi connectivity index (χ2v) is 7.94. The fourth-order valence-corrected chi connectivity index (χ4v) is 4.19. The van der Waals surface area contributed by atoms with Crippen LogP contribution in [-0.4, -0.2) is 37.2 Å². The Bertz CT molecular complexity index is 1040. The van der Waals surface area contributed by atoms with Crippen LogP contribution in [0.4, 0.5) is 5.69 Å². The van der Waals surface area contributed by atoms with E-state index in [1.165, 1.54) is 5.56 Å². The van der Waals surface area contributed by atoms with Crippen LogP contribution in [0.15, 0.2) is 53.1 Å². The van der Waals surface area contributed by atoms with Gasteiger partial charge in [-0.1, -0.05) is 29.4 Å². The molecule has 0 atom stereocenters. The highest BCUT2D eigenvalue weighted by Crippen LogP contribution is 2.36. The molecular weight excluding hydrogens is 394 g/mol.